The lowest BCUT2D eigenvalue weighted by Gasteiger charge is -2.60. The molecule has 6 N–H and O–H groups in total. The molecule has 1 aliphatic heterocycles. The SMILES string of the molecule is CCC1(C)CCC2C(C(=O)O)CC(O[C@H]3O[C@H](COC(=O)CCC(=O)NCN)[C@@H](OSOOO)[C@@H](OSOOO)C3OC(=O)CC(C)C)CC2(C)C1C. The number of aliphatic carboxylic acids is 1. The molecule has 0 aromatic rings. The molecule has 1 saturated heterocycles. The van der Waals surface area contributed by atoms with E-state index in [-0.39, 0.29) is 80.2 Å². The van der Waals surface area contributed by atoms with Crippen LogP contribution in [0.5, 0.6) is 0 Å². The number of amides is 1. The van der Waals surface area contributed by atoms with E-state index in [2.05, 4.69) is 51.8 Å². The van der Waals surface area contributed by atoms with Gasteiger partial charge in [0, 0.05) is 12.8 Å². The van der Waals surface area contributed by atoms with Crippen LogP contribution < -0.4 is 11.1 Å². The van der Waals surface area contributed by atoms with E-state index in [0.717, 1.165) is 19.3 Å². The molecular formula is C32H54N2O17S2. The van der Waals surface area contributed by atoms with E-state index in [1.54, 1.807) is 0 Å². The number of fused-ring (bicyclic) bond motifs is 1. The molecule has 3 rings (SSSR count). The number of carbonyl (C=O) groups excluding carboxylic acids is 3. The average molecular weight is 803 g/mol. The molecular weight excluding hydrogens is 748 g/mol. The first-order valence-electron chi connectivity index (χ1n) is 17.6. The second-order valence-electron chi connectivity index (χ2n) is 14.6. The molecule has 7 unspecified atom stereocenters. The van der Waals surface area contributed by atoms with E-state index in [9.17, 15) is 24.3 Å². The first-order chi connectivity index (χ1) is 25.1. The zero-order valence-corrected chi connectivity index (χ0v) is 32.4. The van der Waals surface area contributed by atoms with Crippen LogP contribution in [-0.4, -0.2) is 89.5 Å². The summed E-state index contributed by atoms with van der Waals surface area (Å²) in [5.74, 6) is -3.68. The van der Waals surface area contributed by atoms with Crippen LogP contribution in [0.3, 0.4) is 0 Å². The maximum Gasteiger partial charge on any atom is 0.306 e. The van der Waals surface area contributed by atoms with E-state index in [4.69, 9.17) is 43.6 Å². The van der Waals surface area contributed by atoms with Crippen LogP contribution in [-0.2, 0) is 65.2 Å². The van der Waals surface area contributed by atoms with E-state index in [1.807, 2.05) is 13.8 Å². The lowest BCUT2D eigenvalue weighted by atomic mass is 9.46. The second-order valence-corrected chi connectivity index (χ2v) is 15.6. The highest BCUT2D eigenvalue weighted by molar-refractivity contribution is 7.90. The summed E-state index contributed by atoms with van der Waals surface area (Å²) in [5.41, 5.74) is 4.84. The average Bonchev–Trinajstić information content (AvgIpc) is 3.10. The van der Waals surface area contributed by atoms with Gasteiger partial charge in [0.25, 0.3) is 0 Å². The van der Waals surface area contributed by atoms with Crippen LogP contribution in [0.25, 0.3) is 0 Å². The molecule has 19 nitrogen and oxygen atoms in total. The van der Waals surface area contributed by atoms with Crippen molar-refractivity contribution >= 4 is 48.5 Å². The van der Waals surface area contributed by atoms with Gasteiger partial charge in [-0.05, 0) is 54.3 Å². The Bertz CT molecular complexity index is 1200. The van der Waals surface area contributed by atoms with Crippen molar-refractivity contribution in [3.63, 3.8) is 0 Å². The standard InChI is InChI=1S/C32H54N2O17S2/c1-7-31(5)11-10-21-20(29(38)39)13-19(14-32(21,6)18(31)4)43-30-28(45-25(37)12-17(2)3)27(47-53-51-49-41)26(46-52-50-48-40)22(44-30)15-42-24(36)9-8-23(35)34-16-33/h17-22,26-28,30,40-41H,7-16,33H2,1-6H3,(H,34,35)(H,38,39)/t18?,19?,20?,21?,22-,26-,27-,28?,30+,31?,32?/m1/s1. The van der Waals surface area contributed by atoms with Crippen molar-refractivity contribution in [1.29, 1.82) is 0 Å². The summed E-state index contributed by atoms with van der Waals surface area (Å²) in [4.78, 5) is 50.5. The summed E-state index contributed by atoms with van der Waals surface area (Å²) in [6.07, 6.45) is -5.03. The third kappa shape index (κ3) is 12.3. The molecule has 1 heterocycles. The van der Waals surface area contributed by atoms with Crippen molar-refractivity contribution in [1.82, 2.24) is 5.32 Å². The molecule has 3 fully saturated rings. The minimum atomic E-state index is -1.46. The molecule has 53 heavy (non-hydrogen) atoms. The fourth-order valence-corrected chi connectivity index (χ4v) is 8.77. The number of hydrogen-bond donors (Lipinski definition) is 5. The summed E-state index contributed by atoms with van der Waals surface area (Å²) in [7, 11) is 0. The Morgan fingerprint density at radius 3 is 2.25 bits per heavy atom. The van der Waals surface area contributed by atoms with E-state index < -0.39 is 78.6 Å². The number of nitrogens with one attached hydrogen (secondary N) is 1. The van der Waals surface area contributed by atoms with E-state index >= 15 is 0 Å². The third-order valence-electron chi connectivity index (χ3n) is 11.1. The van der Waals surface area contributed by atoms with Crippen LogP contribution in [0.2, 0.25) is 0 Å². The minimum Gasteiger partial charge on any atom is -0.481 e. The molecule has 0 aromatic heterocycles. The molecule has 0 radical (unpaired) electrons. The predicted octanol–water partition coefficient (Wildman–Crippen LogP) is 4.11. The maximum absolute atomic E-state index is 13.2. The molecule has 3 aliphatic rings. The number of carbonyl (C=O) groups is 4. The molecule has 2 aliphatic carbocycles. The summed E-state index contributed by atoms with van der Waals surface area (Å²) >= 11 is 0.265. The van der Waals surface area contributed by atoms with Crippen LogP contribution in [0.15, 0.2) is 0 Å². The summed E-state index contributed by atoms with van der Waals surface area (Å²) in [6.45, 7) is 11.6. The van der Waals surface area contributed by atoms with Gasteiger partial charge in [-0.2, -0.15) is 0 Å². The molecule has 0 bridgehead atoms. The van der Waals surface area contributed by atoms with Crippen molar-refractivity contribution in [3.05, 3.63) is 0 Å². The first-order valence-corrected chi connectivity index (χ1v) is 18.9. The number of ether oxygens (including phenoxy) is 4. The number of carboxylic acids is 1. The third-order valence-corrected chi connectivity index (χ3v) is 12.0. The smallest absolute Gasteiger partial charge is 0.306 e. The van der Waals surface area contributed by atoms with Gasteiger partial charge in [0.1, 0.15) is 24.9 Å². The van der Waals surface area contributed by atoms with Crippen molar-refractivity contribution in [2.75, 3.05) is 13.3 Å². The molecule has 11 atom stereocenters. The van der Waals surface area contributed by atoms with Gasteiger partial charge in [-0.25, -0.2) is 10.5 Å². The van der Waals surface area contributed by atoms with Gasteiger partial charge < -0.3 is 35.1 Å². The van der Waals surface area contributed by atoms with Gasteiger partial charge in [0.05, 0.1) is 25.1 Å². The Kier molecular flexibility index (Phi) is 18.4. The Morgan fingerprint density at radius 1 is 1.00 bits per heavy atom. The Hall–Kier alpha value is -1.86. The Balaban J connectivity index is 2.01. The zero-order chi connectivity index (χ0) is 39.3. The number of nitrogens with two attached hydrogens (primary N) is 1. The molecule has 2 saturated carbocycles. The van der Waals surface area contributed by atoms with Crippen molar-refractivity contribution in [2.45, 2.75) is 130 Å². The zero-order valence-electron chi connectivity index (χ0n) is 30.8. The summed E-state index contributed by atoms with van der Waals surface area (Å²) in [6, 6.07) is 0. The molecule has 0 aromatic carbocycles. The van der Waals surface area contributed by atoms with Crippen LogP contribution >= 0.6 is 24.6 Å². The topological polar surface area (TPSA) is 259 Å². The van der Waals surface area contributed by atoms with Crippen LogP contribution in [0.1, 0.15) is 92.9 Å². The van der Waals surface area contributed by atoms with Crippen LogP contribution in [0, 0.1) is 34.5 Å². The minimum absolute atomic E-state index is 0.0166. The quantitative estimate of drug-likeness (QED) is 0.0208. The van der Waals surface area contributed by atoms with Crippen molar-refractivity contribution in [2.24, 2.45) is 40.2 Å². The molecule has 1 amide bonds. The van der Waals surface area contributed by atoms with Crippen molar-refractivity contribution in [3.8, 4) is 0 Å². The lowest BCUT2D eigenvalue weighted by Crippen LogP contribution is -2.63. The first kappa shape index (κ1) is 45.5. The Labute approximate surface area is 317 Å². The lowest BCUT2D eigenvalue weighted by molar-refractivity contribution is -0.436. The highest BCUT2D eigenvalue weighted by Gasteiger charge is 2.59. The monoisotopic (exact) mass is 802 g/mol. The van der Waals surface area contributed by atoms with Gasteiger partial charge in [0.15, 0.2) is 37.0 Å². The molecule has 21 heteroatoms. The highest BCUT2D eigenvalue weighted by Crippen LogP contribution is 2.62. The van der Waals surface area contributed by atoms with Crippen molar-refractivity contribution < 1.29 is 80.9 Å². The fraction of sp³-hybridized carbons (Fsp3) is 0.875. The van der Waals surface area contributed by atoms with Gasteiger partial charge in [-0.1, -0.05) is 58.0 Å². The number of carboxylic acid groups (broad SMARTS) is 1. The van der Waals surface area contributed by atoms with E-state index in [1.165, 1.54) is 0 Å². The van der Waals surface area contributed by atoms with Gasteiger partial charge in [0.2, 0.25) is 5.91 Å². The number of rotatable bonds is 21. The molecule has 0 spiro atoms. The molecule has 306 valence electrons. The largest absolute Gasteiger partial charge is 0.481 e. The summed E-state index contributed by atoms with van der Waals surface area (Å²) in [5, 5.41) is 37.7. The maximum atomic E-state index is 13.2. The van der Waals surface area contributed by atoms with Gasteiger partial charge in [-0.15, -0.1) is 8.67 Å². The fourth-order valence-electron chi connectivity index (χ4n) is 8.03. The number of esters is 2. The summed E-state index contributed by atoms with van der Waals surface area (Å²) < 4.78 is 44.5. The normalized spacial score (nSPS) is 34.3. The Morgan fingerprint density at radius 2 is 1.66 bits per heavy atom. The predicted molar refractivity (Wildman–Crippen MR) is 184 cm³/mol. The van der Waals surface area contributed by atoms with E-state index in [0.29, 0.717) is 6.42 Å². The highest BCUT2D eigenvalue weighted by atomic mass is 32.2. The second kappa shape index (κ2) is 21.4. The van der Waals surface area contributed by atoms with Crippen LogP contribution in [0.4, 0.5) is 0 Å². The van der Waals surface area contributed by atoms with Gasteiger partial charge in [-0.3, -0.25) is 27.5 Å². The number of hydrogen-bond acceptors (Lipinski definition) is 19. The van der Waals surface area contributed by atoms with Gasteiger partial charge >= 0.3 is 17.9 Å².